The largest absolute Gasteiger partial charge is 0.415 e. The summed E-state index contributed by atoms with van der Waals surface area (Å²) in [6.45, 7) is 4.00. The highest BCUT2D eigenvalue weighted by Crippen LogP contribution is 2.30. The molecule has 0 radical (unpaired) electrons. The first-order valence-electron chi connectivity index (χ1n) is 10.2. The molecule has 0 atom stereocenters. The van der Waals surface area contributed by atoms with E-state index in [-0.39, 0.29) is 15.8 Å². The fourth-order valence-electron chi connectivity index (χ4n) is 3.17. The van der Waals surface area contributed by atoms with Crippen molar-refractivity contribution >= 4 is 21.4 Å². The van der Waals surface area contributed by atoms with Crippen molar-refractivity contribution < 1.29 is 12.8 Å². The highest BCUT2D eigenvalue weighted by molar-refractivity contribution is 7.92. The van der Waals surface area contributed by atoms with Crippen molar-refractivity contribution in [3.63, 3.8) is 0 Å². The molecule has 2 aromatic heterocycles. The van der Waals surface area contributed by atoms with E-state index in [1.807, 2.05) is 31.3 Å². The van der Waals surface area contributed by atoms with E-state index in [2.05, 4.69) is 25.5 Å². The van der Waals surface area contributed by atoms with Gasteiger partial charge in [0.05, 0.1) is 33.3 Å². The summed E-state index contributed by atoms with van der Waals surface area (Å²) in [6.07, 6.45) is 3.08. The molecule has 0 amide bonds. The average Bonchev–Trinajstić information content (AvgIpc) is 3.30. The molecule has 1 N–H and O–H groups in total. The number of nitrogens with zero attached hydrogens (tertiary/aromatic N) is 4. The smallest absolute Gasteiger partial charge is 0.268 e. The maximum atomic E-state index is 12.5. The highest BCUT2D eigenvalue weighted by atomic mass is 35.5. The van der Waals surface area contributed by atoms with Crippen molar-refractivity contribution in [1.82, 2.24) is 25.5 Å². The van der Waals surface area contributed by atoms with Gasteiger partial charge in [-0.1, -0.05) is 29.8 Å². The van der Waals surface area contributed by atoms with Gasteiger partial charge in [-0.15, -0.1) is 10.2 Å². The van der Waals surface area contributed by atoms with Crippen LogP contribution >= 0.6 is 11.6 Å². The summed E-state index contributed by atoms with van der Waals surface area (Å²) in [5, 5.41) is 10.9. The molecule has 0 unspecified atom stereocenters. The number of nitrogens with one attached hydrogen (secondary N) is 1. The zero-order valence-corrected chi connectivity index (χ0v) is 19.9. The van der Waals surface area contributed by atoms with Crippen LogP contribution in [-0.4, -0.2) is 40.9 Å². The SMILES string of the molecule is CNCc1ccc(-c2nnc(-c3cncc(-c4ccc(S(=O)(=O)C(C)C)c(Cl)c4)n3)o2)cc1. The Morgan fingerprint density at radius 3 is 2.30 bits per heavy atom. The fraction of sp³-hybridized carbons (Fsp3) is 0.217. The van der Waals surface area contributed by atoms with E-state index < -0.39 is 15.1 Å². The zero-order valence-electron chi connectivity index (χ0n) is 18.3. The molecule has 2 heterocycles. The third kappa shape index (κ3) is 4.80. The van der Waals surface area contributed by atoms with Crippen LogP contribution in [0.5, 0.6) is 0 Å². The molecule has 0 aliphatic carbocycles. The van der Waals surface area contributed by atoms with Gasteiger partial charge in [-0.25, -0.2) is 13.4 Å². The highest BCUT2D eigenvalue weighted by Gasteiger charge is 2.23. The molecule has 170 valence electrons. The van der Waals surface area contributed by atoms with Gasteiger partial charge in [0.25, 0.3) is 5.89 Å². The lowest BCUT2D eigenvalue weighted by atomic mass is 10.1. The van der Waals surface area contributed by atoms with Crippen LogP contribution in [0, 0.1) is 0 Å². The maximum Gasteiger partial charge on any atom is 0.268 e. The van der Waals surface area contributed by atoms with Gasteiger partial charge < -0.3 is 9.73 Å². The quantitative estimate of drug-likeness (QED) is 0.411. The molecule has 4 rings (SSSR count). The first-order chi connectivity index (χ1) is 15.8. The summed E-state index contributed by atoms with van der Waals surface area (Å²) < 4.78 is 30.7. The number of hydrogen-bond donors (Lipinski definition) is 1. The second-order valence-corrected chi connectivity index (χ2v) is 10.5. The second-order valence-electron chi connectivity index (χ2n) is 7.67. The van der Waals surface area contributed by atoms with Crippen molar-refractivity contribution in [3.05, 3.63) is 65.4 Å². The Kier molecular flexibility index (Phi) is 6.55. The Hall–Kier alpha value is -3.14. The van der Waals surface area contributed by atoms with Crippen LogP contribution in [-0.2, 0) is 16.4 Å². The molecule has 10 heteroatoms. The van der Waals surface area contributed by atoms with E-state index in [4.69, 9.17) is 16.0 Å². The standard InChI is InChI=1S/C23H22ClN5O3S/c1-14(2)33(30,31)21-9-8-17(10-18(21)24)19-12-26-13-20(27-19)23-29-28-22(32-23)16-6-4-15(5-7-16)11-25-3/h4-10,12-14,25H,11H2,1-3H3. The summed E-state index contributed by atoms with van der Waals surface area (Å²) in [5.74, 6) is 0.600. The number of halogens is 1. The minimum atomic E-state index is -3.49. The van der Waals surface area contributed by atoms with Gasteiger partial charge in [-0.2, -0.15) is 0 Å². The van der Waals surface area contributed by atoms with Gasteiger partial charge in [-0.3, -0.25) is 4.98 Å². The van der Waals surface area contributed by atoms with Crippen molar-refractivity contribution in [2.75, 3.05) is 7.05 Å². The van der Waals surface area contributed by atoms with Gasteiger partial charge in [0.1, 0.15) is 5.69 Å². The Labute approximate surface area is 197 Å². The Bertz CT molecular complexity index is 1390. The first-order valence-corrected chi connectivity index (χ1v) is 12.2. The normalized spacial score (nSPS) is 11.8. The first kappa shape index (κ1) is 23.0. The van der Waals surface area contributed by atoms with Crippen LogP contribution in [0.4, 0.5) is 0 Å². The van der Waals surface area contributed by atoms with Crippen LogP contribution in [0.2, 0.25) is 5.02 Å². The molecule has 8 nitrogen and oxygen atoms in total. The Morgan fingerprint density at radius 2 is 1.64 bits per heavy atom. The monoisotopic (exact) mass is 483 g/mol. The fourth-order valence-corrected chi connectivity index (χ4v) is 4.77. The van der Waals surface area contributed by atoms with Gasteiger partial charge >= 0.3 is 0 Å². The molecule has 2 aromatic carbocycles. The molecule has 4 aromatic rings. The van der Waals surface area contributed by atoms with E-state index >= 15 is 0 Å². The van der Waals surface area contributed by atoms with Crippen LogP contribution in [0.15, 0.2) is 64.2 Å². The van der Waals surface area contributed by atoms with E-state index in [9.17, 15) is 8.42 Å². The van der Waals surface area contributed by atoms with Crippen molar-refractivity contribution in [2.24, 2.45) is 0 Å². The summed E-state index contributed by atoms with van der Waals surface area (Å²) >= 11 is 6.29. The number of aromatic nitrogens is 4. The summed E-state index contributed by atoms with van der Waals surface area (Å²) in [4.78, 5) is 8.87. The molecule has 0 saturated carbocycles. The lowest BCUT2D eigenvalue weighted by Crippen LogP contribution is -2.14. The Morgan fingerprint density at radius 1 is 0.970 bits per heavy atom. The molecule has 0 spiro atoms. The van der Waals surface area contributed by atoms with E-state index in [0.717, 1.165) is 17.7 Å². The summed E-state index contributed by atoms with van der Waals surface area (Å²) in [5.41, 5.74) is 3.46. The third-order valence-corrected chi connectivity index (χ3v) is 7.65. The topological polar surface area (TPSA) is 111 Å². The predicted octanol–water partition coefficient (Wildman–Crippen LogP) is 4.42. The second kappa shape index (κ2) is 9.38. The van der Waals surface area contributed by atoms with Gasteiger partial charge in [0, 0.05) is 17.7 Å². The lowest BCUT2D eigenvalue weighted by molar-refractivity contribution is 0.581. The van der Waals surface area contributed by atoms with Crippen LogP contribution in [0.3, 0.4) is 0 Å². The minimum Gasteiger partial charge on any atom is -0.415 e. The predicted molar refractivity (Wildman–Crippen MR) is 126 cm³/mol. The molecular weight excluding hydrogens is 462 g/mol. The van der Waals surface area contributed by atoms with Crippen LogP contribution in [0.1, 0.15) is 19.4 Å². The molecular formula is C23H22ClN5O3S. The molecule has 0 fully saturated rings. The molecule has 0 saturated heterocycles. The van der Waals surface area contributed by atoms with Crippen molar-refractivity contribution in [1.29, 1.82) is 0 Å². The van der Waals surface area contributed by atoms with Crippen LogP contribution in [0.25, 0.3) is 34.3 Å². The van der Waals surface area contributed by atoms with E-state index in [0.29, 0.717) is 22.8 Å². The molecule has 0 aliphatic rings. The maximum absolute atomic E-state index is 12.5. The minimum absolute atomic E-state index is 0.0920. The van der Waals surface area contributed by atoms with Crippen LogP contribution < -0.4 is 5.32 Å². The molecule has 0 bridgehead atoms. The lowest BCUT2D eigenvalue weighted by Gasteiger charge is -2.11. The summed E-state index contributed by atoms with van der Waals surface area (Å²) in [6, 6.07) is 12.5. The number of rotatable bonds is 7. The Balaban J connectivity index is 1.62. The van der Waals surface area contributed by atoms with Crippen molar-refractivity contribution in [3.8, 4) is 34.3 Å². The van der Waals surface area contributed by atoms with Gasteiger partial charge in [0.2, 0.25) is 5.89 Å². The van der Waals surface area contributed by atoms with Crippen molar-refractivity contribution in [2.45, 2.75) is 30.5 Å². The van der Waals surface area contributed by atoms with Gasteiger partial charge in [-0.05, 0) is 50.7 Å². The van der Waals surface area contributed by atoms with E-state index in [1.165, 1.54) is 12.3 Å². The average molecular weight is 484 g/mol. The van der Waals surface area contributed by atoms with E-state index in [1.54, 1.807) is 32.2 Å². The molecule has 0 aliphatic heterocycles. The van der Waals surface area contributed by atoms with Gasteiger partial charge in [0.15, 0.2) is 9.84 Å². The number of hydrogen-bond acceptors (Lipinski definition) is 8. The number of sulfone groups is 1. The molecule has 33 heavy (non-hydrogen) atoms. The third-order valence-electron chi connectivity index (χ3n) is 5.02. The number of benzene rings is 2. The zero-order chi connectivity index (χ0) is 23.6. The summed E-state index contributed by atoms with van der Waals surface area (Å²) in [7, 11) is -1.60.